The largest absolute Gasteiger partial charge is 0.497 e. The van der Waals surface area contributed by atoms with Gasteiger partial charge in [0.2, 0.25) is 0 Å². The van der Waals surface area contributed by atoms with Gasteiger partial charge < -0.3 is 14.8 Å². The Morgan fingerprint density at radius 1 is 0.935 bits per heavy atom. The molecule has 0 aromatic heterocycles. The summed E-state index contributed by atoms with van der Waals surface area (Å²) in [7, 11) is -0.741. The van der Waals surface area contributed by atoms with Gasteiger partial charge in [0.25, 0.3) is 15.9 Å². The third kappa shape index (κ3) is 5.35. The number of para-hydroxylation sites is 1. The van der Waals surface area contributed by atoms with Crippen LogP contribution >= 0.6 is 0 Å². The maximum atomic E-state index is 12.7. The van der Waals surface area contributed by atoms with E-state index < -0.39 is 10.0 Å². The van der Waals surface area contributed by atoms with Crippen LogP contribution in [0.2, 0.25) is 0 Å². The lowest BCUT2D eigenvalue weighted by Crippen LogP contribution is -2.23. The second-order valence-corrected chi connectivity index (χ2v) is 8.49. The summed E-state index contributed by atoms with van der Waals surface area (Å²) in [6, 6.07) is 18.3. The lowest BCUT2D eigenvalue weighted by atomic mass is 10.1. The number of carbonyl (C=O) groups is 1. The van der Waals surface area contributed by atoms with Crippen LogP contribution in [-0.2, 0) is 16.6 Å². The van der Waals surface area contributed by atoms with Gasteiger partial charge in [0.05, 0.1) is 24.8 Å². The summed E-state index contributed by atoms with van der Waals surface area (Å²) in [4.78, 5) is 12.7. The Labute approximate surface area is 182 Å². The van der Waals surface area contributed by atoms with Crippen molar-refractivity contribution in [3.05, 3.63) is 83.4 Å². The Morgan fingerprint density at radius 3 is 2.32 bits per heavy atom. The average molecular weight is 441 g/mol. The molecule has 8 heteroatoms. The highest BCUT2D eigenvalue weighted by molar-refractivity contribution is 7.92. The van der Waals surface area contributed by atoms with Gasteiger partial charge in [0.15, 0.2) is 0 Å². The van der Waals surface area contributed by atoms with Gasteiger partial charge in [-0.3, -0.25) is 9.52 Å². The molecule has 1 amide bonds. The molecule has 7 nitrogen and oxygen atoms in total. The molecule has 0 bridgehead atoms. The van der Waals surface area contributed by atoms with Crippen molar-refractivity contribution in [2.45, 2.75) is 18.4 Å². The number of aryl methyl sites for hydroxylation is 1. The molecule has 0 fully saturated rings. The Bertz CT molecular complexity index is 1170. The number of ether oxygens (including phenoxy) is 2. The molecule has 162 valence electrons. The number of rotatable bonds is 8. The second-order valence-electron chi connectivity index (χ2n) is 6.81. The molecular weight excluding hydrogens is 416 g/mol. The second kappa shape index (κ2) is 9.53. The van der Waals surface area contributed by atoms with Crippen LogP contribution in [0.3, 0.4) is 0 Å². The molecule has 2 N–H and O–H groups in total. The first-order valence-electron chi connectivity index (χ1n) is 9.51. The van der Waals surface area contributed by atoms with E-state index in [0.29, 0.717) is 28.3 Å². The number of carbonyl (C=O) groups excluding carboxylic acids is 1. The lowest BCUT2D eigenvalue weighted by molar-refractivity contribution is 0.0950. The third-order valence-corrected chi connectivity index (χ3v) is 6.13. The first-order valence-corrected chi connectivity index (χ1v) is 11.0. The number of hydrogen-bond donors (Lipinski definition) is 2. The van der Waals surface area contributed by atoms with Crippen molar-refractivity contribution >= 4 is 21.6 Å². The smallest absolute Gasteiger partial charge is 0.261 e. The van der Waals surface area contributed by atoms with Crippen molar-refractivity contribution in [1.29, 1.82) is 0 Å². The summed E-state index contributed by atoms with van der Waals surface area (Å²) < 4.78 is 38.4. The maximum absolute atomic E-state index is 12.7. The number of amides is 1. The highest BCUT2D eigenvalue weighted by Crippen LogP contribution is 2.23. The number of nitrogens with one attached hydrogen (secondary N) is 2. The zero-order valence-corrected chi connectivity index (χ0v) is 18.3. The number of methoxy groups -OCH3 is 2. The SMILES string of the molecule is COc1ccc(S(=O)(=O)Nc2cc(C(=O)NCc3ccccc3OC)ccc2C)cc1. The predicted molar refractivity (Wildman–Crippen MR) is 119 cm³/mol. The Hall–Kier alpha value is -3.52. The van der Waals surface area contributed by atoms with Crippen LogP contribution in [0.25, 0.3) is 0 Å². The molecule has 0 heterocycles. The average Bonchev–Trinajstić information content (AvgIpc) is 2.79. The van der Waals surface area contributed by atoms with E-state index in [1.54, 1.807) is 38.3 Å². The molecule has 0 unspecified atom stereocenters. The summed E-state index contributed by atoms with van der Waals surface area (Å²) in [5.74, 6) is 0.916. The van der Waals surface area contributed by atoms with Crippen molar-refractivity contribution in [1.82, 2.24) is 5.32 Å². The normalized spacial score (nSPS) is 10.9. The molecule has 0 saturated heterocycles. The highest BCUT2D eigenvalue weighted by atomic mass is 32.2. The van der Waals surface area contributed by atoms with E-state index in [9.17, 15) is 13.2 Å². The molecule has 3 aromatic carbocycles. The van der Waals surface area contributed by atoms with E-state index in [-0.39, 0.29) is 17.3 Å². The molecule has 3 rings (SSSR count). The quantitative estimate of drug-likeness (QED) is 0.557. The van der Waals surface area contributed by atoms with E-state index in [4.69, 9.17) is 9.47 Å². The van der Waals surface area contributed by atoms with E-state index in [1.807, 2.05) is 24.3 Å². The predicted octanol–water partition coefficient (Wildman–Crippen LogP) is 3.74. The number of benzene rings is 3. The standard InChI is InChI=1S/C23H24N2O5S/c1-16-8-9-17(23(26)24-15-18-6-4-5-7-22(18)30-3)14-21(16)25-31(27,28)20-12-10-19(29-2)11-13-20/h4-14,25H,15H2,1-3H3,(H,24,26). The van der Waals surface area contributed by atoms with Gasteiger partial charge in [0.1, 0.15) is 11.5 Å². The van der Waals surface area contributed by atoms with Gasteiger partial charge in [-0.2, -0.15) is 0 Å². The van der Waals surface area contributed by atoms with E-state index in [1.165, 1.54) is 25.3 Å². The highest BCUT2D eigenvalue weighted by Gasteiger charge is 2.17. The molecule has 0 saturated carbocycles. The summed E-state index contributed by atoms with van der Waals surface area (Å²) in [6.07, 6.45) is 0. The minimum atomic E-state index is -3.82. The zero-order valence-electron chi connectivity index (χ0n) is 17.5. The van der Waals surface area contributed by atoms with Gasteiger partial charge >= 0.3 is 0 Å². The molecule has 0 aliphatic carbocycles. The monoisotopic (exact) mass is 440 g/mol. The maximum Gasteiger partial charge on any atom is 0.261 e. The fourth-order valence-corrected chi connectivity index (χ4v) is 4.08. The van der Waals surface area contributed by atoms with Gasteiger partial charge in [-0.25, -0.2) is 8.42 Å². The first-order chi connectivity index (χ1) is 14.8. The van der Waals surface area contributed by atoms with Crippen molar-refractivity contribution in [2.75, 3.05) is 18.9 Å². The Kier molecular flexibility index (Phi) is 6.81. The van der Waals surface area contributed by atoms with Crippen molar-refractivity contribution in [2.24, 2.45) is 0 Å². The van der Waals surface area contributed by atoms with Gasteiger partial charge in [-0.05, 0) is 55.0 Å². The molecular formula is C23H24N2O5S. The van der Waals surface area contributed by atoms with Gasteiger partial charge in [-0.1, -0.05) is 24.3 Å². The van der Waals surface area contributed by atoms with Crippen LogP contribution in [0.15, 0.2) is 71.6 Å². The first kappa shape index (κ1) is 22.2. The molecule has 0 aliphatic rings. The van der Waals surface area contributed by atoms with Crippen LogP contribution in [0.4, 0.5) is 5.69 Å². The van der Waals surface area contributed by atoms with Gasteiger partial charge in [-0.15, -0.1) is 0 Å². The van der Waals surface area contributed by atoms with Crippen LogP contribution in [0.5, 0.6) is 11.5 Å². The van der Waals surface area contributed by atoms with E-state index in [2.05, 4.69) is 10.0 Å². The van der Waals surface area contributed by atoms with Crippen molar-refractivity contribution < 1.29 is 22.7 Å². The van der Waals surface area contributed by atoms with Gasteiger partial charge in [0, 0.05) is 17.7 Å². The number of hydrogen-bond acceptors (Lipinski definition) is 5. The molecule has 0 radical (unpaired) electrons. The van der Waals surface area contributed by atoms with Crippen LogP contribution < -0.4 is 19.5 Å². The van der Waals surface area contributed by atoms with Crippen LogP contribution in [-0.4, -0.2) is 28.5 Å². The Morgan fingerprint density at radius 2 is 1.65 bits per heavy atom. The van der Waals surface area contributed by atoms with Crippen molar-refractivity contribution in [3.63, 3.8) is 0 Å². The van der Waals surface area contributed by atoms with Crippen LogP contribution in [0, 0.1) is 6.92 Å². The topological polar surface area (TPSA) is 93.7 Å². The molecule has 3 aromatic rings. The fourth-order valence-electron chi connectivity index (χ4n) is 2.96. The third-order valence-electron chi connectivity index (χ3n) is 4.75. The van der Waals surface area contributed by atoms with E-state index in [0.717, 1.165) is 5.56 Å². The lowest BCUT2D eigenvalue weighted by Gasteiger charge is -2.13. The molecule has 0 atom stereocenters. The summed E-state index contributed by atoms with van der Waals surface area (Å²) in [6.45, 7) is 2.05. The van der Waals surface area contributed by atoms with Crippen molar-refractivity contribution in [3.8, 4) is 11.5 Å². The summed E-state index contributed by atoms with van der Waals surface area (Å²) in [5.41, 5.74) is 2.21. The molecule has 31 heavy (non-hydrogen) atoms. The fraction of sp³-hybridized carbons (Fsp3) is 0.174. The number of anilines is 1. The molecule has 0 aliphatic heterocycles. The minimum absolute atomic E-state index is 0.0960. The summed E-state index contributed by atoms with van der Waals surface area (Å²) >= 11 is 0. The zero-order chi connectivity index (χ0) is 22.4. The summed E-state index contributed by atoms with van der Waals surface area (Å²) in [5, 5.41) is 2.83. The van der Waals surface area contributed by atoms with E-state index >= 15 is 0 Å². The van der Waals surface area contributed by atoms with Crippen LogP contribution in [0.1, 0.15) is 21.5 Å². The number of sulfonamides is 1. The Balaban J connectivity index is 1.76. The molecule has 0 spiro atoms. The minimum Gasteiger partial charge on any atom is -0.497 e.